The van der Waals surface area contributed by atoms with E-state index in [2.05, 4.69) is 5.32 Å². The summed E-state index contributed by atoms with van der Waals surface area (Å²) in [4.78, 5) is 24.0. The number of carboxylic acids is 1. The van der Waals surface area contributed by atoms with Crippen molar-refractivity contribution >= 4 is 29.0 Å². The van der Waals surface area contributed by atoms with Gasteiger partial charge in [0.15, 0.2) is 0 Å². The second-order valence-corrected chi connectivity index (χ2v) is 6.86. The van der Waals surface area contributed by atoms with Gasteiger partial charge in [0.1, 0.15) is 17.1 Å². The van der Waals surface area contributed by atoms with Crippen LogP contribution in [-0.4, -0.2) is 34.9 Å². The van der Waals surface area contributed by atoms with Crippen molar-refractivity contribution in [2.45, 2.75) is 26.1 Å². The number of benzene rings is 2. The number of anilines is 1. The molecule has 8 heteroatoms. The molecule has 3 N–H and O–H groups in total. The average Bonchev–Trinajstić information content (AvgIpc) is 2.68. The van der Waals surface area contributed by atoms with Crippen LogP contribution in [0.25, 0.3) is 0 Å². The molecule has 2 aromatic rings. The number of ketones is 1. The molecule has 0 aromatic heterocycles. The first-order valence-electron chi connectivity index (χ1n) is 9.06. The third kappa shape index (κ3) is 4.70. The second kappa shape index (κ2) is 8.98. The summed E-state index contributed by atoms with van der Waals surface area (Å²) in [5, 5.41) is 22.1. The fourth-order valence-electron chi connectivity index (χ4n) is 2.78. The SMILES string of the molecule is CCCCOC1Oc2ccc(Cl)cc2C(=O)/C1=C/Nc1ccc(C(=O)O)c(O)c1. The summed E-state index contributed by atoms with van der Waals surface area (Å²) in [6, 6.07) is 8.79. The number of rotatable bonds is 7. The van der Waals surface area contributed by atoms with Crippen molar-refractivity contribution in [3.63, 3.8) is 0 Å². The van der Waals surface area contributed by atoms with Gasteiger partial charge in [0.2, 0.25) is 12.1 Å². The molecule has 0 spiro atoms. The molecule has 1 aliphatic heterocycles. The quantitative estimate of drug-likeness (QED) is 0.451. The number of nitrogens with one attached hydrogen (secondary N) is 1. The number of carbonyl (C=O) groups excluding carboxylic acids is 1. The molecule has 0 saturated carbocycles. The van der Waals surface area contributed by atoms with E-state index in [9.17, 15) is 14.7 Å². The van der Waals surface area contributed by atoms with Crippen LogP contribution in [0.2, 0.25) is 5.02 Å². The molecule has 2 aromatic carbocycles. The molecule has 1 aliphatic rings. The number of fused-ring (bicyclic) bond motifs is 1. The van der Waals surface area contributed by atoms with E-state index in [1.54, 1.807) is 12.1 Å². The Bertz CT molecular complexity index is 972. The lowest BCUT2D eigenvalue weighted by Gasteiger charge is -2.27. The molecule has 0 bridgehead atoms. The molecule has 0 fully saturated rings. The molecule has 1 heterocycles. The summed E-state index contributed by atoms with van der Waals surface area (Å²) in [6.45, 7) is 2.45. The van der Waals surface area contributed by atoms with Gasteiger partial charge in [0, 0.05) is 23.0 Å². The van der Waals surface area contributed by atoms with Crippen molar-refractivity contribution in [1.29, 1.82) is 0 Å². The topological polar surface area (TPSA) is 105 Å². The van der Waals surface area contributed by atoms with Gasteiger partial charge in [0.05, 0.1) is 17.7 Å². The van der Waals surface area contributed by atoms with Crippen molar-refractivity contribution in [1.82, 2.24) is 0 Å². The van der Waals surface area contributed by atoms with Gasteiger partial charge in [-0.1, -0.05) is 24.9 Å². The van der Waals surface area contributed by atoms with Crippen LogP contribution in [-0.2, 0) is 4.74 Å². The van der Waals surface area contributed by atoms with Crippen LogP contribution < -0.4 is 10.1 Å². The number of Topliss-reactive ketones (excluding diaryl/α,β-unsaturated/α-hetero) is 1. The highest BCUT2D eigenvalue weighted by Gasteiger charge is 2.33. The normalized spacial score (nSPS) is 17.0. The van der Waals surface area contributed by atoms with Gasteiger partial charge in [0.25, 0.3) is 0 Å². The number of phenols is 1. The van der Waals surface area contributed by atoms with E-state index in [4.69, 9.17) is 26.2 Å². The van der Waals surface area contributed by atoms with Gasteiger partial charge < -0.3 is 25.0 Å². The maximum Gasteiger partial charge on any atom is 0.339 e. The maximum atomic E-state index is 13.0. The molecule has 0 aliphatic carbocycles. The largest absolute Gasteiger partial charge is 0.507 e. The number of hydrogen-bond acceptors (Lipinski definition) is 6. The highest BCUT2D eigenvalue weighted by molar-refractivity contribution is 6.31. The number of halogens is 1. The van der Waals surface area contributed by atoms with Crippen molar-refractivity contribution in [2.75, 3.05) is 11.9 Å². The van der Waals surface area contributed by atoms with Gasteiger partial charge >= 0.3 is 5.97 Å². The highest BCUT2D eigenvalue weighted by Crippen LogP contribution is 2.33. The van der Waals surface area contributed by atoms with E-state index in [0.29, 0.717) is 28.6 Å². The van der Waals surface area contributed by atoms with E-state index in [1.807, 2.05) is 6.92 Å². The molecule has 29 heavy (non-hydrogen) atoms. The Hall–Kier alpha value is -3.03. The molecule has 7 nitrogen and oxygen atoms in total. The minimum absolute atomic E-state index is 0.218. The monoisotopic (exact) mass is 417 g/mol. The standard InChI is InChI=1S/C21H20ClNO6/c1-2-3-8-28-21-16(19(25)15-9-12(22)4-7-18(15)29-21)11-23-13-5-6-14(20(26)27)17(24)10-13/h4-7,9-11,21,23-24H,2-3,8H2,1H3,(H,26,27)/b16-11-. The molecule has 3 rings (SSSR count). The minimum Gasteiger partial charge on any atom is -0.507 e. The zero-order valence-electron chi connectivity index (χ0n) is 15.6. The van der Waals surface area contributed by atoms with Gasteiger partial charge in [-0.3, -0.25) is 4.79 Å². The summed E-state index contributed by atoms with van der Waals surface area (Å²) < 4.78 is 11.6. The average molecular weight is 418 g/mol. The Morgan fingerprint density at radius 1 is 1.31 bits per heavy atom. The number of aromatic carboxylic acids is 1. The first-order valence-corrected chi connectivity index (χ1v) is 9.44. The zero-order chi connectivity index (χ0) is 21.0. The van der Waals surface area contributed by atoms with E-state index in [-0.39, 0.29) is 22.7 Å². The molecular formula is C21H20ClNO6. The number of hydrogen-bond donors (Lipinski definition) is 3. The fraction of sp³-hybridized carbons (Fsp3) is 0.238. The van der Waals surface area contributed by atoms with Crippen molar-refractivity contribution in [3.05, 3.63) is 64.3 Å². The smallest absolute Gasteiger partial charge is 0.339 e. The summed E-state index contributed by atoms with van der Waals surface area (Å²) in [5.41, 5.74) is 0.740. The predicted molar refractivity (Wildman–Crippen MR) is 108 cm³/mol. The lowest BCUT2D eigenvalue weighted by molar-refractivity contribution is -0.0570. The summed E-state index contributed by atoms with van der Waals surface area (Å²) in [5.74, 6) is -1.53. The van der Waals surface area contributed by atoms with Crippen LogP contribution in [0.3, 0.4) is 0 Å². The second-order valence-electron chi connectivity index (χ2n) is 6.42. The van der Waals surface area contributed by atoms with Crippen LogP contribution in [0, 0.1) is 0 Å². The van der Waals surface area contributed by atoms with Crippen LogP contribution in [0.1, 0.15) is 40.5 Å². The number of carboxylic acid groups (broad SMARTS) is 1. The third-order valence-electron chi connectivity index (χ3n) is 4.33. The molecule has 0 amide bonds. The van der Waals surface area contributed by atoms with E-state index >= 15 is 0 Å². The number of ether oxygens (including phenoxy) is 2. The third-order valence-corrected chi connectivity index (χ3v) is 4.56. The van der Waals surface area contributed by atoms with Crippen molar-refractivity contribution in [2.24, 2.45) is 0 Å². The fourth-order valence-corrected chi connectivity index (χ4v) is 2.95. The van der Waals surface area contributed by atoms with Gasteiger partial charge in [-0.25, -0.2) is 4.79 Å². The van der Waals surface area contributed by atoms with Crippen molar-refractivity contribution in [3.8, 4) is 11.5 Å². The minimum atomic E-state index is -1.24. The first kappa shape index (κ1) is 20.7. The van der Waals surface area contributed by atoms with E-state index in [0.717, 1.165) is 12.8 Å². The molecule has 1 unspecified atom stereocenters. The number of carbonyl (C=O) groups is 2. The predicted octanol–water partition coefficient (Wildman–Crippen LogP) is 4.46. The summed E-state index contributed by atoms with van der Waals surface area (Å²) in [6.07, 6.45) is 2.27. The van der Waals surface area contributed by atoms with Crippen LogP contribution in [0.5, 0.6) is 11.5 Å². The van der Waals surface area contributed by atoms with Crippen molar-refractivity contribution < 1.29 is 29.3 Å². The molecule has 1 atom stereocenters. The molecule has 0 saturated heterocycles. The molecule has 152 valence electrons. The summed E-state index contributed by atoms with van der Waals surface area (Å²) >= 11 is 6.01. The summed E-state index contributed by atoms with van der Waals surface area (Å²) in [7, 11) is 0. The Labute approximate surface area is 172 Å². The Morgan fingerprint density at radius 3 is 2.79 bits per heavy atom. The molecule has 0 radical (unpaired) electrons. The van der Waals surface area contributed by atoms with Gasteiger partial charge in [-0.15, -0.1) is 0 Å². The Kier molecular flexibility index (Phi) is 6.41. The van der Waals surface area contributed by atoms with Gasteiger partial charge in [-0.2, -0.15) is 0 Å². The first-order chi connectivity index (χ1) is 13.9. The Morgan fingerprint density at radius 2 is 2.10 bits per heavy atom. The lowest BCUT2D eigenvalue weighted by Crippen LogP contribution is -2.33. The van der Waals surface area contributed by atoms with Gasteiger partial charge in [-0.05, 0) is 36.8 Å². The van der Waals surface area contributed by atoms with Crippen LogP contribution in [0.4, 0.5) is 5.69 Å². The number of unbranched alkanes of at least 4 members (excludes halogenated alkanes) is 1. The highest BCUT2D eigenvalue weighted by atomic mass is 35.5. The molecular weight excluding hydrogens is 398 g/mol. The lowest BCUT2D eigenvalue weighted by atomic mass is 10.00. The van der Waals surface area contributed by atoms with Crippen LogP contribution in [0.15, 0.2) is 48.2 Å². The number of aromatic hydroxyl groups is 1. The van der Waals surface area contributed by atoms with Crippen LogP contribution >= 0.6 is 11.6 Å². The maximum absolute atomic E-state index is 13.0. The van der Waals surface area contributed by atoms with E-state index in [1.165, 1.54) is 30.5 Å². The zero-order valence-corrected chi connectivity index (χ0v) is 16.4. The Balaban J connectivity index is 1.89. The van der Waals surface area contributed by atoms with E-state index < -0.39 is 12.3 Å².